The Kier molecular flexibility index (Phi) is 11.4. The van der Waals surface area contributed by atoms with Gasteiger partial charge in [-0.3, -0.25) is 0 Å². The molecular weight excluding hydrogens is 416 g/mol. The van der Waals surface area contributed by atoms with Crippen LogP contribution in [0.25, 0.3) is 0 Å². The van der Waals surface area contributed by atoms with Crippen LogP contribution in [0.1, 0.15) is 19.3 Å². The zero-order valence-electron chi connectivity index (χ0n) is 18.7. The third-order valence-corrected chi connectivity index (χ3v) is 10.4. The molecule has 0 aromatic heterocycles. The number of hydrogen-bond acceptors (Lipinski definition) is 9. The Bertz CT molecular complexity index is 488. The van der Waals surface area contributed by atoms with E-state index in [-0.39, 0.29) is 20.0 Å². The van der Waals surface area contributed by atoms with E-state index in [9.17, 15) is 9.90 Å². The first kappa shape index (κ1) is 26.6. The summed E-state index contributed by atoms with van der Waals surface area (Å²) in [5.74, 6) is -1.03. The smallest absolute Gasteiger partial charge is 0.506 e. The zero-order chi connectivity index (χ0) is 22.0. The average molecular weight is 455 g/mol. The fraction of sp³-hybridized carbons (Fsp3) is 0.941. The number of quaternary nitrogens is 1. The van der Waals surface area contributed by atoms with E-state index in [1.165, 1.54) is 0 Å². The minimum Gasteiger partial charge on any atom is -0.550 e. The molecule has 0 aromatic rings. The number of carbonyl (C=O) groups is 1. The van der Waals surface area contributed by atoms with Crippen molar-refractivity contribution in [2.45, 2.75) is 31.4 Å². The molecule has 1 fully saturated rings. The Hall–Kier alpha value is -0.416. The van der Waals surface area contributed by atoms with Crippen molar-refractivity contribution in [2.24, 2.45) is 0 Å². The zero-order valence-corrected chi connectivity index (χ0v) is 20.7. The van der Waals surface area contributed by atoms with Crippen molar-refractivity contribution in [3.8, 4) is 0 Å². The van der Waals surface area contributed by atoms with Crippen LogP contribution in [-0.2, 0) is 31.4 Å². The van der Waals surface area contributed by atoms with E-state index < -0.39 is 23.6 Å². The Morgan fingerprint density at radius 3 is 2.31 bits per heavy atom. The monoisotopic (exact) mass is 454 g/mol. The molecule has 1 saturated heterocycles. The van der Waals surface area contributed by atoms with Crippen molar-refractivity contribution in [2.75, 3.05) is 75.6 Å². The number of carboxylic acid groups (broad SMARTS) is 1. The second-order valence-corrected chi connectivity index (χ2v) is 13.8. The molecule has 10 nitrogen and oxygen atoms in total. The summed E-state index contributed by atoms with van der Waals surface area (Å²) in [7, 11) is 5.67. The molecule has 172 valence electrons. The maximum absolute atomic E-state index is 10.7. The molecule has 1 heterocycles. The molecule has 29 heavy (non-hydrogen) atoms. The van der Waals surface area contributed by atoms with E-state index >= 15 is 0 Å². The summed E-state index contributed by atoms with van der Waals surface area (Å²) >= 11 is 0. The number of aliphatic carboxylic acids is 1. The lowest BCUT2D eigenvalue weighted by Crippen LogP contribution is -2.57. The van der Waals surface area contributed by atoms with Gasteiger partial charge < -0.3 is 45.8 Å². The first-order valence-corrected chi connectivity index (χ1v) is 13.8. The second kappa shape index (κ2) is 12.4. The van der Waals surface area contributed by atoms with Crippen molar-refractivity contribution in [1.29, 1.82) is 0 Å². The molecule has 0 aliphatic carbocycles. The summed E-state index contributed by atoms with van der Waals surface area (Å²) in [6.07, 6.45) is 1.73. The third kappa shape index (κ3) is 9.96. The van der Waals surface area contributed by atoms with Crippen LogP contribution in [0.3, 0.4) is 0 Å². The maximum Gasteiger partial charge on any atom is 0.506 e. The van der Waals surface area contributed by atoms with Gasteiger partial charge in [0, 0.05) is 45.1 Å². The van der Waals surface area contributed by atoms with E-state index in [0.29, 0.717) is 17.1 Å². The van der Waals surface area contributed by atoms with E-state index in [1.54, 1.807) is 14.2 Å². The molecule has 0 atom stereocenters. The van der Waals surface area contributed by atoms with Gasteiger partial charge in [0.05, 0.1) is 27.2 Å². The Labute approximate surface area is 176 Å². The minimum absolute atomic E-state index is 0.00498. The fourth-order valence-corrected chi connectivity index (χ4v) is 6.73. The number of rotatable bonds is 17. The maximum atomic E-state index is 10.7. The Morgan fingerprint density at radius 2 is 1.83 bits per heavy atom. The summed E-state index contributed by atoms with van der Waals surface area (Å²) in [5.41, 5.74) is 0. The van der Waals surface area contributed by atoms with Crippen LogP contribution in [0.4, 0.5) is 0 Å². The van der Waals surface area contributed by atoms with Crippen molar-refractivity contribution < 1.29 is 40.9 Å². The number of carbonyl (C=O) groups excluding carboxylic acids is 1. The molecule has 0 spiro atoms. The first-order valence-electron chi connectivity index (χ1n) is 9.90. The van der Waals surface area contributed by atoms with Gasteiger partial charge in [-0.25, -0.2) is 0 Å². The Morgan fingerprint density at radius 1 is 1.17 bits per heavy atom. The van der Waals surface area contributed by atoms with Gasteiger partial charge in [-0.15, -0.1) is 0 Å². The van der Waals surface area contributed by atoms with Crippen molar-refractivity contribution in [1.82, 2.24) is 4.90 Å². The average Bonchev–Trinajstić information content (AvgIpc) is 2.62. The highest BCUT2D eigenvalue weighted by Crippen LogP contribution is 2.26. The lowest BCUT2D eigenvalue weighted by atomic mass is 10.3. The van der Waals surface area contributed by atoms with Crippen LogP contribution >= 0.6 is 0 Å². The standard InChI is InChI=1S/C17H38N2O8Si2/c1-18(2)10-7-13-29(26-16-27-29)25-15-24-28(22-5,23-6)14-8-11-19(3,4)12-9-17(20)21/h7-16H2,1-6H3. The van der Waals surface area contributed by atoms with Gasteiger partial charge in [0.2, 0.25) is 0 Å². The summed E-state index contributed by atoms with van der Waals surface area (Å²) in [4.78, 5) is 12.8. The molecule has 0 unspecified atom stereocenters. The predicted molar refractivity (Wildman–Crippen MR) is 108 cm³/mol. The van der Waals surface area contributed by atoms with Gasteiger partial charge in [0.15, 0.2) is 0 Å². The van der Waals surface area contributed by atoms with Crippen LogP contribution in [0, 0.1) is 0 Å². The highest BCUT2D eigenvalue weighted by atomic mass is 28.4. The highest BCUT2D eigenvalue weighted by molar-refractivity contribution is 6.62. The summed E-state index contributed by atoms with van der Waals surface area (Å²) in [5, 5.41) is 10.7. The molecular formula is C17H38N2O8Si2. The second-order valence-electron chi connectivity index (χ2n) is 8.10. The van der Waals surface area contributed by atoms with Gasteiger partial charge in [0.25, 0.3) is 0 Å². The summed E-state index contributed by atoms with van der Waals surface area (Å²) in [6, 6.07) is 1.35. The predicted octanol–water partition coefficient (Wildman–Crippen LogP) is -0.290. The van der Waals surface area contributed by atoms with E-state index in [4.69, 9.17) is 26.6 Å². The lowest BCUT2D eigenvalue weighted by Gasteiger charge is -2.38. The summed E-state index contributed by atoms with van der Waals surface area (Å²) in [6.45, 7) is 2.49. The molecule has 1 aliphatic heterocycles. The molecule has 0 saturated carbocycles. The summed E-state index contributed by atoms with van der Waals surface area (Å²) < 4.78 is 34.8. The van der Waals surface area contributed by atoms with E-state index in [0.717, 1.165) is 32.0 Å². The largest absolute Gasteiger partial charge is 0.550 e. The van der Waals surface area contributed by atoms with Crippen LogP contribution in [-0.4, -0.2) is 109 Å². The van der Waals surface area contributed by atoms with Gasteiger partial charge in [-0.1, -0.05) is 0 Å². The van der Waals surface area contributed by atoms with Gasteiger partial charge in [-0.05, 0) is 27.1 Å². The quantitative estimate of drug-likeness (QED) is 0.167. The first-order chi connectivity index (χ1) is 13.6. The van der Waals surface area contributed by atoms with Crippen LogP contribution in [0.2, 0.25) is 12.1 Å². The third-order valence-electron chi connectivity index (χ3n) is 4.99. The SMILES string of the molecule is CO[Si](CCC[N+](C)(C)CCC(=O)[O-])(OC)OCO[Si]1(CCCN(C)C)OCO1. The van der Waals surface area contributed by atoms with Gasteiger partial charge in [0.1, 0.15) is 13.6 Å². The molecule has 1 aliphatic rings. The topological polar surface area (TPSA) is 98.8 Å². The lowest BCUT2D eigenvalue weighted by molar-refractivity contribution is -0.890. The van der Waals surface area contributed by atoms with E-state index in [2.05, 4.69) is 4.90 Å². The van der Waals surface area contributed by atoms with Gasteiger partial charge in [-0.2, -0.15) is 0 Å². The number of nitrogens with zero attached hydrogens (tertiary/aromatic N) is 2. The normalized spacial score (nSPS) is 16.8. The molecule has 1 rings (SSSR count). The molecule has 0 N–H and O–H groups in total. The molecule has 0 radical (unpaired) electrons. The highest BCUT2D eigenvalue weighted by Gasteiger charge is 2.49. The molecule has 0 aromatic carbocycles. The van der Waals surface area contributed by atoms with Crippen molar-refractivity contribution >= 4 is 23.6 Å². The van der Waals surface area contributed by atoms with Crippen LogP contribution in [0.5, 0.6) is 0 Å². The van der Waals surface area contributed by atoms with E-state index in [1.807, 2.05) is 28.2 Å². The van der Waals surface area contributed by atoms with Crippen molar-refractivity contribution in [3.05, 3.63) is 0 Å². The fourth-order valence-electron chi connectivity index (χ4n) is 3.02. The number of hydrogen-bond donors (Lipinski definition) is 0. The Balaban J connectivity index is 2.45. The molecule has 0 bridgehead atoms. The molecule has 12 heteroatoms. The number of carboxylic acids is 1. The van der Waals surface area contributed by atoms with Crippen LogP contribution in [0.15, 0.2) is 0 Å². The minimum atomic E-state index is -2.89. The van der Waals surface area contributed by atoms with Crippen molar-refractivity contribution in [3.63, 3.8) is 0 Å². The molecule has 0 amide bonds. The van der Waals surface area contributed by atoms with Gasteiger partial charge >= 0.3 is 17.6 Å². The van der Waals surface area contributed by atoms with Crippen LogP contribution < -0.4 is 5.11 Å².